The minimum atomic E-state index is -1.10. The molecule has 0 bridgehead atoms. The predicted molar refractivity (Wildman–Crippen MR) is 78.3 cm³/mol. The molecule has 0 saturated carbocycles. The second kappa shape index (κ2) is 6.23. The van der Waals surface area contributed by atoms with E-state index in [-0.39, 0.29) is 16.5 Å². The summed E-state index contributed by atoms with van der Waals surface area (Å²) in [5.41, 5.74) is -0.0482. The van der Waals surface area contributed by atoms with E-state index in [1.807, 2.05) is 0 Å². The monoisotopic (exact) mass is 341 g/mol. The molecule has 23 heavy (non-hydrogen) atoms. The maximum absolute atomic E-state index is 13.4. The van der Waals surface area contributed by atoms with Gasteiger partial charge in [0.15, 0.2) is 17.5 Å². The highest BCUT2D eigenvalue weighted by Crippen LogP contribution is 2.28. The van der Waals surface area contributed by atoms with Crippen LogP contribution >= 0.6 is 11.6 Å². The number of hydrogen-bond acceptors (Lipinski definition) is 4. The molecule has 1 fully saturated rings. The summed E-state index contributed by atoms with van der Waals surface area (Å²) in [5.74, 6) is -1.67. The summed E-state index contributed by atoms with van der Waals surface area (Å²) in [6.45, 7) is 2.60. The minimum absolute atomic E-state index is 0.0482. The Hall–Kier alpha value is -2.02. The molecule has 0 spiro atoms. The third-order valence-electron chi connectivity index (χ3n) is 3.84. The van der Waals surface area contributed by atoms with Crippen LogP contribution in [0.2, 0.25) is 5.02 Å². The molecule has 1 aromatic carbocycles. The first-order chi connectivity index (χ1) is 11.0. The van der Waals surface area contributed by atoms with Crippen molar-refractivity contribution in [3.05, 3.63) is 46.1 Å². The van der Waals surface area contributed by atoms with Crippen molar-refractivity contribution >= 4 is 17.5 Å². The number of halogens is 3. The Bertz CT molecular complexity index is 750. The number of rotatable bonds is 2. The zero-order valence-corrected chi connectivity index (χ0v) is 13.1. The number of piperidine rings is 1. The van der Waals surface area contributed by atoms with Crippen molar-refractivity contribution in [2.45, 2.75) is 25.7 Å². The van der Waals surface area contributed by atoms with Crippen molar-refractivity contribution in [3.63, 3.8) is 0 Å². The summed E-state index contributed by atoms with van der Waals surface area (Å²) in [7, 11) is 0. The summed E-state index contributed by atoms with van der Waals surface area (Å²) in [4.78, 5) is 18.3. The molecule has 1 saturated heterocycles. The third-order valence-corrected chi connectivity index (χ3v) is 4.15. The van der Waals surface area contributed by atoms with Crippen LogP contribution < -0.4 is 0 Å². The Morgan fingerprint density at radius 1 is 1.39 bits per heavy atom. The lowest BCUT2D eigenvalue weighted by molar-refractivity contribution is 0.0695. The van der Waals surface area contributed by atoms with Gasteiger partial charge in [0.25, 0.3) is 5.91 Å². The third kappa shape index (κ3) is 3.19. The van der Waals surface area contributed by atoms with Gasteiger partial charge in [0.1, 0.15) is 0 Å². The van der Waals surface area contributed by atoms with E-state index >= 15 is 0 Å². The number of carbonyl (C=O) groups excluding carboxylic acids is 1. The van der Waals surface area contributed by atoms with Gasteiger partial charge in [-0.2, -0.15) is 4.98 Å². The van der Waals surface area contributed by atoms with Crippen LogP contribution in [0.5, 0.6) is 0 Å². The smallest absolute Gasteiger partial charge is 0.255 e. The van der Waals surface area contributed by atoms with E-state index in [1.54, 1.807) is 11.8 Å². The highest BCUT2D eigenvalue weighted by atomic mass is 35.5. The minimum Gasteiger partial charge on any atom is -0.339 e. The molecule has 2 heterocycles. The van der Waals surface area contributed by atoms with Crippen molar-refractivity contribution in [2.75, 3.05) is 13.1 Å². The lowest BCUT2D eigenvalue weighted by Crippen LogP contribution is -2.39. The Labute approximate surface area is 136 Å². The molecular formula is C15H14ClF2N3O2. The van der Waals surface area contributed by atoms with Gasteiger partial charge in [0, 0.05) is 13.1 Å². The summed E-state index contributed by atoms with van der Waals surface area (Å²) in [6.07, 6.45) is 1.57. The molecule has 0 radical (unpaired) electrons. The average molecular weight is 342 g/mol. The van der Waals surface area contributed by atoms with Gasteiger partial charge in [-0.3, -0.25) is 4.79 Å². The Kier molecular flexibility index (Phi) is 4.30. The Balaban J connectivity index is 1.81. The Morgan fingerprint density at radius 3 is 2.83 bits per heavy atom. The number of likely N-dealkylation sites (tertiary alicyclic amines) is 1. The van der Waals surface area contributed by atoms with Crippen molar-refractivity contribution < 1.29 is 18.1 Å². The second-order valence-corrected chi connectivity index (χ2v) is 5.92. The number of amides is 1. The molecular weight excluding hydrogens is 328 g/mol. The number of aryl methyl sites for hydroxylation is 1. The second-order valence-electron chi connectivity index (χ2n) is 5.52. The molecule has 8 heteroatoms. The quantitative estimate of drug-likeness (QED) is 0.786. The normalized spacial score (nSPS) is 18.3. The van der Waals surface area contributed by atoms with E-state index in [2.05, 4.69) is 10.1 Å². The number of hydrogen-bond donors (Lipinski definition) is 0. The molecule has 2 aromatic rings. The predicted octanol–water partition coefficient (Wildman–Crippen LogP) is 3.33. The van der Waals surface area contributed by atoms with E-state index in [0.717, 1.165) is 25.0 Å². The van der Waals surface area contributed by atoms with Crippen LogP contribution in [0.15, 0.2) is 16.7 Å². The van der Waals surface area contributed by atoms with E-state index < -0.39 is 17.5 Å². The van der Waals surface area contributed by atoms with Gasteiger partial charge in [-0.15, -0.1) is 0 Å². The maximum atomic E-state index is 13.4. The lowest BCUT2D eigenvalue weighted by atomic mass is 9.97. The van der Waals surface area contributed by atoms with Crippen LogP contribution in [0.1, 0.15) is 40.8 Å². The van der Waals surface area contributed by atoms with E-state index in [0.29, 0.717) is 24.8 Å². The average Bonchev–Trinajstić information content (AvgIpc) is 2.97. The number of nitrogens with zero attached hydrogens (tertiary/aromatic N) is 3. The van der Waals surface area contributed by atoms with Gasteiger partial charge in [0.2, 0.25) is 5.89 Å². The van der Waals surface area contributed by atoms with Gasteiger partial charge in [-0.1, -0.05) is 16.8 Å². The molecule has 1 atom stereocenters. The van der Waals surface area contributed by atoms with E-state index in [9.17, 15) is 13.6 Å². The van der Waals surface area contributed by atoms with Crippen LogP contribution in [0.3, 0.4) is 0 Å². The number of aromatic nitrogens is 2. The molecule has 1 aliphatic rings. The van der Waals surface area contributed by atoms with Gasteiger partial charge < -0.3 is 9.42 Å². The topological polar surface area (TPSA) is 59.2 Å². The van der Waals surface area contributed by atoms with Crippen molar-refractivity contribution in [1.29, 1.82) is 0 Å². The van der Waals surface area contributed by atoms with Gasteiger partial charge in [-0.05, 0) is 31.9 Å². The number of benzene rings is 1. The first kappa shape index (κ1) is 15.9. The molecule has 1 aliphatic heterocycles. The van der Waals surface area contributed by atoms with Crippen LogP contribution in [-0.4, -0.2) is 34.0 Å². The van der Waals surface area contributed by atoms with Gasteiger partial charge >= 0.3 is 0 Å². The van der Waals surface area contributed by atoms with Crippen LogP contribution in [0, 0.1) is 18.6 Å². The first-order valence-electron chi connectivity index (χ1n) is 7.19. The lowest BCUT2D eigenvalue weighted by Gasteiger charge is -2.31. The summed E-state index contributed by atoms with van der Waals surface area (Å²) in [6, 6.07) is 1.65. The fourth-order valence-electron chi connectivity index (χ4n) is 2.70. The van der Waals surface area contributed by atoms with Crippen molar-refractivity contribution in [2.24, 2.45) is 0 Å². The molecule has 1 aromatic heterocycles. The molecule has 1 amide bonds. The fourth-order valence-corrected chi connectivity index (χ4v) is 2.93. The zero-order valence-electron chi connectivity index (χ0n) is 12.4. The SMILES string of the molecule is Cc1noc(C2CCCN(C(=O)c3cc(F)c(F)cc3Cl)C2)n1. The molecule has 122 valence electrons. The maximum Gasteiger partial charge on any atom is 0.255 e. The van der Waals surface area contributed by atoms with Gasteiger partial charge in [-0.25, -0.2) is 8.78 Å². The van der Waals surface area contributed by atoms with E-state index in [4.69, 9.17) is 16.1 Å². The Morgan fingerprint density at radius 2 is 2.13 bits per heavy atom. The molecule has 1 unspecified atom stereocenters. The van der Waals surface area contributed by atoms with Gasteiger partial charge in [0.05, 0.1) is 16.5 Å². The van der Waals surface area contributed by atoms with Crippen LogP contribution in [-0.2, 0) is 0 Å². The standard InChI is InChI=1S/C15H14ClF2N3O2/c1-8-19-14(23-20-8)9-3-2-4-21(7-9)15(22)10-5-12(17)13(18)6-11(10)16/h5-6,9H,2-4,7H2,1H3. The summed E-state index contributed by atoms with van der Waals surface area (Å²) < 4.78 is 31.7. The van der Waals surface area contributed by atoms with Crippen molar-refractivity contribution in [3.8, 4) is 0 Å². The highest BCUT2D eigenvalue weighted by Gasteiger charge is 2.30. The highest BCUT2D eigenvalue weighted by molar-refractivity contribution is 6.33. The largest absolute Gasteiger partial charge is 0.339 e. The first-order valence-corrected chi connectivity index (χ1v) is 7.57. The summed E-state index contributed by atoms with van der Waals surface area (Å²) in [5, 5.41) is 3.65. The van der Waals surface area contributed by atoms with Crippen molar-refractivity contribution in [1.82, 2.24) is 15.0 Å². The molecule has 3 rings (SSSR count). The zero-order chi connectivity index (χ0) is 16.6. The molecule has 0 N–H and O–H groups in total. The van der Waals surface area contributed by atoms with E-state index in [1.165, 1.54) is 0 Å². The molecule has 5 nitrogen and oxygen atoms in total. The van der Waals surface area contributed by atoms with Crippen LogP contribution in [0.4, 0.5) is 8.78 Å². The fraction of sp³-hybridized carbons (Fsp3) is 0.400. The number of carbonyl (C=O) groups is 1. The molecule has 0 aliphatic carbocycles. The van der Waals surface area contributed by atoms with Crippen LogP contribution in [0.25, 0.3) is 0 Å². The summed E-state index contributed by atoms with van der Waals surface area (Å²) >= 11 is 5.88.